The number of rotatable bonds is 4. The Bertz CT molecular complexity index is 425. The van der Waals surface area contributed by atoms with E-state index in [1.807, 2.05) is 13.1 Å². The maximum Gasteiger partial charge on any atom is 0.135 e. The predicted molar refractivity (Wildman–Crippen MR) is 74.2 cm³/mol. The third-order valence-electron chi connectivity index (χ3n) is 3.74. The first-order valence-corrected chi connectivity index (χ1v) is 7.02. The molecule has 0 unspecified atom stereocenters. The summed E-state index contributed by atoms with van der Waals surface area (Å²) in [6.45, 7) is 5.44. The van der Waals surface area contributed by atoms with E-state index in [1.165, 1.54) is 0 Å². The Morgan fingerprint density at radius 1 is 1.47 bits per heavy atom. The number of aliphatic hydroxyl groups excluding tert-OH is 2. The summed E-state index contributed by atoms with van der Waals surface area (Å²) in [5.74, 6) is 1.70. The Balaban J connectivity index is 2.19. The fraction of sp³-hybridized carbons (Fsp3) is 0.714. The first-order chi connectivity index (χ1) is 9.15. The number of piperidine rings is 1. The van der Waals surface area contributed by atoms with E-state index in [9.17, 15) is 10.2 Å². The van der Waals surface area contributed by atoms with E-state index in [2.05, 4.69) is 21.8 Å². The van der Waals surface area contributed by atoms with E-state index in [1.54, 1.807) is 0 Å². The minimum atomic E-state index is -0.483. The number of β-amino-alcohol motifs (C(OH)–C–C–N with tert-alkyl or cyclic N) is 1. The minimum absolute atomic E-state index is 0.00573. The van der Waals surface area contributed by atoms with Crippen LogP contribution in [-0.4, -0.2) is 46.0 Å². The molecule has 5 nitrogen and oxygen atoms in total. The second kappa shape index (κ2) is 6.30. The highest BCUT2D eigenvalue weighted by atomic mass is 16.3. The van der Waals surface area contributed by atoms with Gasteiger partial charge in [0.25, 0.3) is 0 Å². The third-order valence-corrected chi connectivity index (χ3v) is 3.74. The number of anilines is 1. The van der Waals surface area contributed by atoms with Gasteiger partial charge < -0.3 is 15.1 Å². The van der Waals surface area contributed by atoms with Crippen molar-refractivity contribution in [3.05, 3.63) is 17.6 Å². The van der Waals surface area contributed by atoms with Gasteiger partial charge in [-0.3, -0.25) is 0 Å². The molecule has 1 aliphatic heterocycles. The normalized spacial score (nSPS) is 23.7. The highest BCUT2D eigenvalue weighted by Gasteiger charge is 2.28. The first kappa shape index (κ1) is 14.2. The van der Waals surface area contributed by atoms with Gasteiger partial charge in [-0.1, -0.05) is 13.3 Å². The SMILES string of the molecule is CCCc1cnc(C)nc1N1CC[C@H](CO)[C@H](O)C1. The van der Waals surface area contributed by atoms with Crippen molar-refractivity contribution in [1.82, 2.24) is 9.97 Å². The van der Waals surface area contributed by atoms with E-state index < -0.39 is 6.10 Å². The zero-order chi connectivity index (χ0) is 13.8. The second-order valence-corrected chi connectivity index (χ2v) is 5.26. The lowest BCUT2D eigenvalue weighted by atomic mass is 9.94. The fourth-order valence-corrected chi connectivity index (χ4v) is 2.59. The van der Waals surface area contributed by atoms with Gasteiger partial charge in [0.2, 0.25) is 0 Å². The number of hydrogen-bond donors (Lipinski definition) is 2. The number of aryl methyl sites for hydroxylation is 2. The van der Waals surface area contributed by atoms with E-state index in [0.717, 1.165) is 43.0 Å². The van der Waals surface area contributed by atoms with Crippen LogP contribution in [0.3, 0.4) is 0 Å². The quantitative estimate of drug-likeness (QED) is 0.847. The maximum absolute atomic E-state index is 10.0. The van der Waals surface area contributed by atoms with Crippen LogP contribution < -0.4 is 4.90 Å². The molecule has 1 fully saturated rings. The van der Waals surface area contributed by atoms with Crippen molar-refractivity contribution in [1.29, 1.82) is 0 Å². The van der Waals surface area contributed by atoms with Crippen LogP contribution >= 0.6 is 0 Å². The summed E-state index contributed by atoms with van der Waals surface area (Å²) in [4.78, 5) is 10.9. The van der Waals surface area contributed by atoms with Gasteiger partial charge >= 0.3 is 0 Å². The Morgan fingerprint density at radius 2 is 2.26 bits per heavy atom. The van der Waals surface area contributed by atoms with Gasteiger partial charge in [0.15, 0.2) is 0 Å². The summed E-state index contributed by atoms with van der Waals surface area (Å²) in [6, 6.07) is 0. The number of hydrogen-bond acceptors (Lipinski definition) is 5. The zero-order valence-corrected chi connectivity index (χ0v) is 11.7. The molecule has 0 bridgehead atoms. The number of aromatic nitrogens is 2. The van der Waals surface area contributed by atoms with Crippen molar-refractivity contribution < 1.29 is 10.2 Å². The summed E-state index contributed by atoms with van der Waals surface area (Å²) >= 11 is 0. The highest BCUT2D eigenvalue weighted by Crippen LogP contribution is 2.25. The topological polar surface area (TPSA) is 69.5 Å². The molecule has 2 N–H and O–H groups in total. The van der Waals surface area contributed by atoms with Gasteiger partial charge in [-0.25, -0.2) is 9.97 Å². The standard InChI is InChI=1S/C14H23N3O2/c1-3-4-11-7-15-10(2)16-14(11)17-6-5-12(9-18)13(19)8-17/h7,12-13,18-19H,3-6,8-9H2,1-2H3/t12-,13-/m1/s1. The van der Waals surface area contributed by atoms with Crippen LogP contribution in [0.25, 0.3) is 0 Å². The molecule has 1 saturated heterocycles. The van der Waals surface area contributed by atoms with E-state index in [0.29, 0.717) is 6.54 Å². The molecule has 0 spiro atoms. The first-order valence-electron chi connectivity index (χ1n) is 7.02. The maximum atomic E-state index is 10.0. The van der Waals surface area contributed by atoms with Crippen molar-refractivity contribution in [2.75, 3.05) is 24.6 Å². The Morgan fingerprint density at radius 3 is 2.89 bits per heavy atom. The van der Waals surface area contributed by atoms with Gasteiger partial charge in [0.05, 0.1) is 6.10 Å². The van der Waals surface area contributed by atoms with Gasteiger partial charge in [0.1, 0.15) is 11.6 Å². The van der Waals surface area contributed by atoms with Crippen LogP contribution in [0.2, 0.25) is 0 Å². The number of aliphatic hydroxyl groups is 2. The smallest absolute Gasteiger partial charge is 0.135 e. The summed E-state index contributed by atoms with van der Waals surface area (Å²) in [5, 5.41) is 19.2. The van der Waals surface area contributed by atoms with Crippen LogP contribution in [-0.2, 0) is 6.42 Å². The third kappa shape index (κ3) is 3.22. The zero-order valence-electron chi connectivity index (χ0n) is 11.7. The Labute approximate surface area is 114 Å². The van der Waals surface area contributed by atoms with Crippen molar-refractivity contribution in [2.24, 2.45) is 5.92 Å². The molecule has 0 amide bonds. The summed E-state index contributed by atoms with van der Waals surface area (Å²) < 4.78 is 0. The van der Waals surface area contributed by atoms with Gasteiger partial charge in [0, 0.05) is 37.4 Å². The molecule has 1 aromatic rings. The van der Waals surface area contributed by atoms with Crippen LogP contribution in [0.4, 0.5) is 5.82 Å². The van der Waals surface area contributed by atoms with Crippen molar-refractivity contribution in [3.63, 3.8) is 0 Å². The molecule has 0 aromatic carbocycles. The second-order valence-electron chi connectivity index (χ2n) is 5.26. The van der Waals surface area contributed by atoms with Crippen LogP contribution in [0.15, 0.2) is 6.20 Å². The van der Waals surface area contributed by atoms with E-state index in [4.69, 9.17) is 0 Å². The van der Waals surface area contributed by atoms with Crippen molar-refractivity contribution in [2.45, 2.75) is 39.2 Å². The van der Waals surface area contributed by atoms with Crippen LogP contribution in [0.1, 0.15) is 31.2 Å². The van der Waals surface area contributed by atoms with Crippen molar-refractivity contribution >= 4 is 5.82 Å². The lowest BCUT2D eigenvalue weighted by Gasteiger charge is -2.36. The molecule has 2 atom stereocenters. The average molecular weight is 265 g/mol. The molecule has 2 heterocycles. The molecular formula is C14H23N3O2. The Kier molecular flexibility index (Phi) is 4.71. The summed E-state index contributed by atoms with van der Waals surface area (Å²) in [5.41, 5.74) is 1.14. The molecular weight excluding hydrogens is 242 g/mol. The molecule has 1 aromatic heterocycles. The summed E-state index contributed by atoms with van der Waals surface area (Å²) in [6.07, 6.45) is 4.21. The largest absolute Gasteiger partial charge is 0.396 e. The average Bonchev–Trinajstić information content (AvgIpc) is 2.41. The molecule has 19 heavy (non-hydrogen) atoms. The van der Waals surface area contributed by atoms with E-state index in [-0.39, 0.29) is 12.5 Å². The molecule has 1 aliphatic rings. The summed E-state index contributed by atoms with van der Waals surface area (Å²) in [7, 11) is 0. The molecule has 0 aliphatic carbocycles. The van der Waals surface area contributed by atoms with Crippen LogP contribution in [0, 0.1) is 12.8 Å². The molecule has 106 valence electrons. The lowest BCUT2D eigenvalue weighted by molar-refractivity contribution is 0.0545. The Hall–Kier alpha value is -1.20. The molecule has 0 saturated carbocycles. The van der Waals surface area contributed by atoms with E-state index >= 15 is 0 Å². The predicted octanol–water partition coefficient (Wildman–Crippen LogP) is 0.917. The number of nitrogens with zero attached hydrogens (tertiary/aromatic N) is 3. The highest BCUT2D eigenvalue weighted by molar-refractivity contribution is 5.47. The van der Waals surface area contributed by atoms with Gasteiger partial charge in [-0.15, -0.1) is 0 Å². The molecule has 5 heteroatoms. The minimum Gasteiger partial charge on any atom is -0.396 e. The fourth-order valence-electron chi connectivity index (χ4n) is 2.59. The van der Waals surface area contributed by atoms with Crippen molar-refractivity contribution in [3.8, 4) is 0 Å². The molecule has 2 rings (SSSR count). The molecule has 0 radical (unpaired) electrons. The lowest BCUT2D eigenvalue weighted by Crippen LogP contribution is -2.45. The van der Waals surface area contributed by atoms with Gasteiger partial charge in [-0.2, -0.15) is 0 Å². The monoisotopic (exact) mass is 265 g/mol. The van der Waals surface area contributed by atoms with Crippen LogP contribution in [0.5, 0.6) is 0 Å². The van der Waals surface area contributed by atoms with Gasteiger partial charge in [-0.05, 0) is 19.8 Å².